The zero-order valence-corrected chi connectivity index (χ0v) is 13.1. The summed E-state index contributed by atoms with van der Waals surface area (Å²) in [7, 11) is 5.72. The largest absolute Gasteiger partial charge is 0.480 e. The average Bonchev–Trinajstić information content (AvgIpc) is 2.83. The predicted octanol–water partition coefficient (Wildman–Crippen LogP) is 2.89. The number of rotatable bonds is 6. The molecule has 2 rings (SSSR count). The summed E-state index contributed by atoms with van der Waals surface area (Å²) in [5.41, 5.74) is 0. The first-order chi connectivity index (χ1) is 9.20. The lowest BCUT2D eigenvalue weighted by Crippen LogP contribution is -2.23. The molecule has 0 aromatic carbocycles. The van der Waals surface area contributed by atoms with Gasteiger partial charge in [-0.3, -0.25) is 0 Å². The number of ether oxygens (including phenoxy) is 1. The standard InChI is InChI=1S/C14H25N3OS/c1-17(2)14-16-13(18-3)12(19-14)10-15-9-11-7-5-4-6-8-11/h11,15H,4-10H2,1-3H3. The maximum absolute atomic E-state index is 5.35. The molecule has 0 amide bonds. The van der Waals surface area contributed by atoms with Crippen LogP contribution in [0.3, 0.4) is 0 Å². The van der Waals surface area contributed by atoms with Gasteiger partial charge in [0.05, 0.1) is 12.0 Å². The van der Waals surface area contributed by atoms with E-state index in [0.29, 0.717) is 0 Å². The fourth-order valence-electron chi connectivity index (χ4n) is 2.57. The molecule has 1 N–H and O–H groups in total. The number of hydrogen-bond donors (Lipinski definition) is 1. The van der Waals surface area contributed by atoms with E-state index in [9.17, 15) is 0 Å². The summed E-state index contributed by atoms with van der Waals surface area (Å²) in [5, 5.41) is 4.58. The van der Waals surface area contributed by atoms with Crippen molar-refractivity contribution in [2.75, 3.05) is 32.6 Å². The van der Waals surface area contributed by atoms with E-state index in [1.54, 1.807) is 18.4 Å². The topological polar surface area (TPSA) is 37.4 Å². The zero-order valence-electron chi connectivity index (χ0n) is 12.2. The minimum Gasteiger partial charge on any atom is -0.480 e. The van der Waals surface area contributed by atoms with Gasteiger partial charge >= 0.3 is 0 Å². The molecule has 1 aliphatic rings. The molecule has 1 aromatic heterocycles. The van der Waals surface area contributed by atoms with Crippen LogP contribution in [0.1, 0.15) is 37.0 Å². The Balaban J connectivity index is 1.84. The molecule has 0 radical (unpaired) electrons. The van der Waals surface area contributed by atoms with Crippen LogP contribution in [0.25, 0.3) is 0 Å². The Morgan fingerprint density at radius 3 is 2.68 bits per heavy atom. The van der Waals surface area contributed by atoms with E-state index in [1.807, 2.05) is 19.0 Å². The van der Waals surface area contributed by atoms with Crippen LogP contribution in [-0.2, 0) is 6.54 Å². The highest BCUT2D eigenvalue weighted by atomic mass is 32.1. The second-order valence-corrected chi connectivity index (χ2v) is 6.52. The highest BCUT2D eigenvalue weighted by Gasteiger charge is 2.15. The Hall–Kier alpha value is -0.810. The van der Waals surface area contributed by atoms with E-state index >= 15 is 0 Å². The molecule has 1 aromatic rings. The monoisotopic (exact) mass is 283 g/mol. The summed E-state index contributed by atoms with van der Waals surface area (Å²) >= 11 is 1.71. The van der Waals surface area contributed by atoms with Crippen molar-refractivity contribution in [2.45, 2.75) is 38.6 Å². The van der Waals surface area contributed by atoms with Gasteiger partial charge in [-0.25, -0.2) is 0 Å². The summed E-state index contributed by atoms with van der Waals surface area (Å²) < 4.78 is 5.35. The molecular formula is C14H25N3OS. The first kappa shape index (κ1) is 14.6. The Bertz CT molecular complexity index is 386. The van der Waals surface area contributed by atoms with Gasteiger partial charge in [-0.15, -0.1) is 0 Å². The molecule has 0 saturated heterocycles. The first-order valence-corrected chi connectivity index (χ1v) is 7.94. The third kappa shape index (κ3) is 4.08. The Labute approximate surface area is 120 Å². The molecule has 4 nitrogen and oxygen atoms in total. The Kier molecular flexibility index (Phi) is 5.45. The average molecular weight is 283 g/mol. The summed E-state index contributed by atoms with van der Waals surface area (Å²) in [5.74, 6) is 1.63. The molecule has 0 atom stereocenters. The number of methoxy groups -OCH3 is 1. The second kappa shape index (κ2) is 7.10. The molecule has 19 heavy (non-hydrogen) atoms. The molecule has 0 spiro atoms. The minimum atomic E-state index is 0.768. The van der Waals surface area contributed by atoms with E-state index in [4.69, 9.17) is 4.74 Å². The quantitative estimate of drug-likeness (QED) is 0.871. The zero-order chi connectivity index (χ0) is 13.7. The third-order valence-corrected chi connectivity index (χ3v) is 4.87. The van der Waals surface area contributed by atoms with Crippen LogP contribution in [0.4, 0.5) is 5.13 Å². The highest BCUT2D eigenvalue weighted by molar-refractivity contribution is 7.15. The van der Waals surface area contributed by atoms with Gasteiger partial charge in [-0.1, -0.05) is 30.6 Å². The molecule has 1 saturated carbocycles. The molecule has 0 aliphatic heterocycles. The summed E-state index contributed by atoms with van der Waals surface area (Å²) in [6.45, 7) is 1.99. The SMILES string of the molecule is COc1nc(N(C)C)sc1CNCC1CCCCC1. The number of thiazole rings is 1. The molecule has 1 fully saturated rings. The number of nitrogens with one attached hydrogen (secondary N) is 1. The maximum atomic E-state index is 5.35. The minimum absolute atomic E-state index is 0.768. The number of anilines is 1. The van der Waals surface area contributed by atoms with Gasteiger partial charge in [0.1, 0.15) is 0 Å². The molecule has 108 valence electrons. The molecule has 1 aliphatic carbocycles. The summed E-state index contributed by atoms with van der Waals surface area (Å²) in [6.07, 6.45) is 7.00. The normalized spacial score (nSPS) is 16.6. The number of aromatic nitrogens is 1. The molecule has 5 heteroatoms. The molecular weight excluding hydrogens is 258 g/mol. The fraction of sp³-hybridized carbons (Fsp3) is 0.786. The Morgan fingerprint density at radius 2 is 2.05 bits per heavy atom. The third-order valence-electron chi connectivity index (χ3n) is 3.67. The van der Waals surface area contributed by atoms with Crippen molar-refractivity contribution in [1.82, 2.24) is 10.3 Å². The van der Waals surface area contributed by atoms with Crippen molar-refractivity contribution >= 4 is 16.5 Å². The van der Waals surface area contributed by atoms with Crippen LogP contribution < -0.4 is 15.0 Å². The van der Waals surface area contributed by atoms with Crippen molar-refractivity contribution in [3.8, 4) is 5.88 Å². The van der Waals surface area contributed by atoms with Gasteiger partial charge in [0.2, 0.25) is 5.88 Å². The van der Waals surface area contributed by atoms with Crippen LogP contribution in [0.2, 0.25) is 0 Å². The molecule has 0 unspecified atom stereocenters. The lowest BCUT2D eigenvalue weighted by atomic mass is 9.89. The van der Waals surface area contributed by atoms with E-state index in [1.165, 1.54) is 37.0 Å². The summed E-state index contributed by atoms with van der Waals surface area (Å²) in [4.78, 5) is 7.70. The first-order valence-electron chi connectivity index (χ1n) is 7.12. The second-order valence-electron chi connectivity index (χ2n) is 5.46. The van der Waals surface area contributed by atoms with Crippen molar-refractivity contribution in [2.24, 2.45) is 5.92 Å². The van der Waals surface area contributed by atoms with Gasteiger partial charge in [0.25, 0.3) is 0 Å². The van der Waals surface area contributed by atoms with E-state index < -0.39 is 0 Å². The van der Waals surface area contributed by atoms with Gasteiger partial charge in [-0.2, -0.15) is 4.98 Å². The number of nitrogens with zero attached hydrogens (tertiary/aromatic N) is 2. The lowest BCUT2D eigenvalue weighted by Gasteiger charge is -2.21. The van der Waals surface area contributed by atoms with Gasteiger partial charge in [0, 0.05) is 20.6 Å². The van der Waals surface area contributed by atoms with Crippen LogP contribution in [-0.4, -0.2) is 32.7 Å². The fourth-order valence-corrected chi connectivity index (χ4v) is 3.49. The van der Waals surface area contributed by atoms with Crippen molar-refractivity contribution in [1.29, 1.82) is 0 Å². The maximum Gasteiger partial charge on any atom is 0.230 e. The van der Waals surface area contributed by atoms with E-state index in [-0.39, 0.29) is 0 Å². The van der Waals surface area contributed by atoms with Gasteiger partial charge in [-0.05, 0) is 25.3 Å². The number of hydrogen-bond acceptors (Lipinski definition) is 5. The van der Waals surface area contributed by atoms with Gasteiger partial charge in [0.15, 0.2) is 5.13 Å². The molecule has 0 bridgehead atoms. The Morgan fingerprint density at radius 1 is 1.32 bits per heavy atom. The van der Waals surface area contributed by atoms with Crippen molar-refractivity contribution < 1.29 is 4.74 Å². The summed E-state index contributed by atoms with van der Waals surface area (Å²) in [6, 6.07) is 0. The van der Waals surface area contributed by atoms with Crippen molar-refractivity contribution in [3.63, 3.8) is 0 Å². The van der Waals surface area contributed by atoms with Crippen LogP contribution in [0.5, 0.6) is 5.88 Å². The molecule has 1 heterocycles. The van der Waals surface area contributed by atoms with Crippen LogP contribution in [0.15, 0.2) is 0 Å². The van der Waals surface area contributed by atoms with E-state index in [2.05, 4.69) is 10.3 Å². The van der Waals surface area contributed by atoms with Crippen molar-refractivity contribution in [3.05, 3.63) is 4.88 Å². The van der Waals surface area contributed by atoms with Gasteiger partial charge < -0.3 is 15.0 Å². The lowest BCUT2D eigenvalue weighted by molar-refractivity contribution is 0.340. The smallest absolute Gasteiger partial charge is 0.230 e. The van der Waals surface area contributed by atoms with Crippen LogP contribution >= 0.6 is 11.3 Å². The van der Waals surface area contributed by atoms with Crippen LogP contribution in [0, 0.1) is 5.92 Å². The van der Waals surface area contributed by atoms with E-state index in [0.717, 1.165) is 30.0 Å². The highest BCUT2D eigenvalue weighted by Crippen LogP contribution is 2.30. The predicted molar refractivity (Wildman–Crippen MR) is 81.3 cm³/mol.